The third-order valence-corrected chi connectivity index (χ3v) is 2.89. The number of amidine groups is 1. The number of halogens is 1. The number of hydrogen-bond acceptors (Lipinski definition) is 3. The summed E-state index contributed by atoms with van der Waals surface area (Å²) in [5, 5.41) is 11.9. The molecular formula is C14H13ClN2O2. The molecule has 0 unspecified atom stereocenters. The predicted molar refractivity (Wildman–Crippen MR) is 75.2 cm³/mol. The summed E-state index contributed by atoms with van der Waals surface area (Å²) in [5.41, 5.74) is 7.11. The van der Waals surface area contributed by atoms with Crippen molar-refractivity contribution in [2.24, 2.45) is 10.9 Å². The average molecular weight is 277 g/mol. The van der Waals surface area contributed by atoms with Crippen LogP contribution >= 0.6 is 11.6 Å². The average Bonchev–Trinajstić information content (AvgIpc) is 2.41. The Hall–Kier alpha value is -2.20. The number of hydrogen-bond donors (Lipinski definition) is 2. The quantitative estimate of drug-likeness (QED) is 0.390. The van der Waals surface area contributed by atoms with Gasteiger partial charge >= 0.3 is 0 Å². The van der Waals surface area contributed by atoms with Crippen LogP contribution in [0.25, 0.3) is 0 Å². The lowest BCUT2D eigenvalue weighted by molar-refractivity contribution is 0.318. The molecule has 19 heavy (non-hydrogen) atoms. The standard InChI is InChI=1S/C14H13ClN2O2/c1-9-2-4-10(5-3-9)19-11-6-7-12(13(15)8-11)14(16)17-18/h2-8,18H,1H3,(H2,16,17). The molecule has 0 aromatic heterocycles. The third-order valence-electron chi connectivity index (χ3n) is 2.58. The molecule has 0 aliphatic carbocycles. The highest BCUT2D eigenvalue weighted by Gasteiger charge is 2.07. The number of aryl methyl sites for hydroxylation is 1. The van der Waals surface area contributed by atoms with Crippen LogP contribution in [0.15, 0.2) is 47.6 Å². The Morgan fingerprint density at radius 2 is 1.79 bits per heavy atom. The van der Waals surface area contributed by atoms with E-state index in [-0.39, 0.29) is 5.84 Å². The summed E-state index contributed by atoms with van der Waals surface area (Å²) in [6.45, 7) is 2.01. The van der Waals surface area contributed by atoms with Crippen molar-refractivity contribution in [1.29, 1.82) is 0 Å². The normalized spacial score (nSPS) is 11.4. The van der Waals surface area contributed by atoms with E-state index in [1.807, 2.05) is 31.2 Å². The van der Waals surface area contributed by atoms with Crippen molar-refractivity contribution < 1.29 is 9.94 Å². The zero-order chi connectivity index (χ0) is 13.8. The maximum Gasteiger partial charge on any atom is 0.171 e. The van der Waals surface area contributed by atoms with Gasteiger partial charge in [0.25, 0.3) is 0 Å². The Morgan fingerprint density at radius 1 is 1.16 bits per heavy atom. The van der Waals surface area contributed by atoms with Gasteiger partial charge in [-0.2, -0.15) is 0 Å². The lowest BCUT2D eigenvalue weighted by Crippen LogP contribution is -2.13. The van der Waals surface area contributed by atoms with Crippen LogP contribution in [0.4, 0.5) is 0 Å². The summed E-state index contributed by atoms with van der Waals surface area (Å²) in [4.78, 5) is 0. The van der Waals surface area contributed by atoms with Gasteiger partial charge in [0, 0.05) is 11.6 Å². The van der Waals surface area contributed by atoms with Crippen LogP contribution in [0.2, 0.25) is 5.02 Å². The van der Waals surface area contributed by atoms with E-state index in [4.69, 9.17) is 27.3 Å². The first-order valence-corrected chi connectivity index (χ1v) is 6.00. The minimum Gasteiger partial charge on any atom is -0.457 e. The molecule has 0 amide bonds. The number of nitrogens with zero attached hydrogens (tertiary/aromatic N) is 1. The molecular weight excluding hydrogens is 264 g/mol. The summed E-state index contributed by atoms with van der Waals surface area (Å²) in [5.74, 6) is 1.27. The van der Waals surface area contributed by atoms with E-state index in [9.17, 15) is 0 Å². The molecule has 0 bridgehead atoms. The van der Waals surface area contributed by atoms with Crippen LogP contribution in [0, 0.1) is 6.92 Å². The molecule has 98 valence electrons. The lowest BCUT2D eigenvalue weighted by Gasteiger charge is -2.08. The maximum atomic E-state index is 8.62. The molecule has 0 fully saturated rings. The summed E-state index contributed by atoms with van der Waals surface area (Å²) in [6.07, 6.45) is 0. The molecule has 0 aliphatic heterocycles. The SMILES string of the molecule is Cc1ccc(Oc2ccc(C(N)=NO)c(Cl)c2)cc1. The Balaban J connectivity index is 2.23. The molecule has 2 aromatic rings. The Bertz CT molecular complexity index is 609. The Kier molecular flexibility index (Phi) is 3.92. The monoisotopic (exact) mass is 276 g/mol. The van der Waals surface area contributed by atoms with Crippen molar-refractivity contribution >= 4 is 17.4 Å². The zero-order valence-electron chi connectivity index (χ0n) is 10.3. The van der Waals surface area contributed by atoms with Gasteiger partial charge in [0.15, 0.2) is 5.84 Å². The lowest BCUT2D eigenvalue weighted by atomic mass is 10.2. The molecule has 5 heteroatoms. The summed E-state index contributed by atoms with van der Waals surface area (Å²) in [6, 6.07) is 12.6. The van der Waals surface area contributed by atoms with Crippen LogP contribution in [-0.2, 0) is 0 Å². The molecule has 0 spiro atoms. The second kappa shape index (κ2) is 5.63. The van der Waals surface area contributed by atoms with Crippen LogP contribution in [0.3, 0.4) is 0 Å². The summed E-state index contributed by atoms with van der Waals surface area (Å²) < 4.78 is 5.65. The molecule has 0 radical (unpaired) electrons. The van der Waals surface area contributed by atoms with Crippen molar-refractivity contribution in [2.45, 2.75) is 6.92 Å². The molecule has 3 N–H and O–H groups in total. The number of oxime groups is 1. The first-order valence-electron chi connectivity index (χ1n) is 5.62. The van der Waals surface area contributed by atoms with Gasteiger partial charge < -0.3 is 15.7 Å². The summed E-state index contributed by atoms with van der Waals surface area (Å²) >= 11 is 6.04. The van der Waals surface area contributed by atoms with Gasteiger partial charge in [-0.05, 0) is 31.2 Å². The van der Waals surface area contributed by atoms with E-state index >= 15 is 0 Å². The highest BCUT2D eigenvalue weighted by molar-refractivity contribution is 6.34. The third kappa shape index (κ3) is 3.17. The minimum atomic E-state index is -0.0353. The fraction of sp³-hybridized carbons (Fsp3) is 0.0714. The highest BCUT2D eigenvalue weighted by Crippen LogP contribution is 2.26. The molecule has 0 saturated heterocycles. The van der Waals surface area contributed by atoms with Crippen LogP contribution < -0.4 is 10.5 Å². The van der Waals surface area contributed by atoms with Gasteiger partial charge in [-0.3, -0.25) is 0 Å². The van der Waals surface area contributed by atoms with Crippen molar-refractivity contribution in [1.82, 2.24) is 0 Å². The molecule has 4 nitrogen and oxygen atoms in total. The molecule has 0 aliphatic rings. The van der Waals surface area contributed by atoms with Crippen molar-refractivity contribution in [3.05, 3.63) is 58.6 Å². The Morgan fingerprint density at radius 3 is 2.37 bits per heavy atom. The largest absolute Gasteiger partial charge is 0.457 e. The molecule has 0 atom stereocenters. The number of nitrogens with two attached hydrogens (primary N) is 1. The van der Waals surface area contributed by atoms with Crippen LogP contribution in [0.1, 0.15) is 11.1 Å². The van der Waals surface area contributed by atoms with E-state index in [1.54, 1.807) is 18.2 Å². The molecule has 2 aromatic carbocycles. The van der Waals surface area contributed by atoms with Crippen molar-refractivity contribution in [3.8, 4) is 11.5 Å². The number of rotatable bonds is 3. The first-order chi connectivity index (χ1) is 9.10. The van der Waals surface area contributed by atoms with Crippen LogP contribution in [0.5, 0.6) is 11.5 Å². The second-order valence-electron chi connectivity index (χ2n) is 4.04. The van der Waals surface area contributed by atoms with Gasteiger partial charge in [-0.25, -0.2) is 0 Å². The molecule has 2 rings (SSSR count). The smallest absolute Gasteiger partial charge is 0.171 e. The maximum absolute atomic E-state index is 8.62. The van der Waals surface area contributed by atoms with E-state index in [1.165, 1.54) is 0 Å². The van der Waals surface area contributed by atoms with Gasteiger partial charge in [-0.1, -0.05) is 34.5 Å². The summed E-state index contributed by atoms with van der Waals surface area (Å²) in [7, 11) is 0. The van der Waals surface area contributed by atoms with Crippen LogP contribution in [-0.4, -0.2) is 11.0 Å². The van der Waals surface area contributed by atoms with Crippen molar-refractivity contribution in [3.63, 3.8) is 0 Å². The fourth-order valence-electron chi connectivity index (χ4n) is 1.56. The number of benzene rings is 2. The first kappa shape index (κ1) is 13.2. The molecule has 0 saturated carbocycles. The minimum absolute atomic E-state index is 0.0353. The van der Waals surface area contributed by atoms with E-state index in [0.29, 0.717) is 16.3 Å². The van der Waals surface area contributed by atoms with E-state index in [0.717, 1.165) is 11.3 Å². The Labute approximate surface area is 116 Å². The fourth-order valence-corrected chi connectivity index (χ4v) is 1.83. The molecule has 0 heterocycles. The topological polar surface area (TPSA) is 67.8 Å². The van der Waals surface area contributed by atoms with Gasteiger partial charge in [-0.15, -0.1) is 0 Å². The van der Waals surface area contributed by atoms with E-state index < -0.39 is 0 Å². The number of ether oxygens (including phenoxy) is 1. The van der Waals surface area contributed by atoms with E-state index in [2.05, 4.69) is 5.16 Å². The second-order valence-corrected chi connectivity index (χ2v) is 4.45. The highest BCUT2D eigenvalue weighted by atomic mass is 35.5. The van der Waals surface area contributed by atoms with Crippen molar-refractivity contribution in [2.75, 3.05) is 0 Å². The van der Waals surface area contributed by atoms with Gasteiger partial charge in [0.1, 0.15) is 11.5 Å². The predicted octanol–water partition coefficient (Wildman–Crippen LogP) is 3.54. The zero-order valence-corrected chi connectivity index (χ0v) is 11.1. The van der Waals surface area contributed by atoms with Gasteiger partial charge in [0.2, 0.25) is 0 Å². The van der Waals surface area contributed by atoms with Gasteiger partial charge in [0.05, 0.1) is 5.02 Å².